The molecule has 0 saturated heterocycles. The zero-order valence-electron chi connectivity index (χ0n) is 24.2. The molecule has 4 aliphatic carbocycles. The predicted molar refractivity (Wildman–Crippen MR) is 151 cm³/mol. The van der Waals surface area contributed by atoms with Gasteiger partial charge >= 0.3 is 0 Å². The lowest BCUT2D eigenvalue weighted by atomic mass is 9.66. The molecule has 4 fully saturated rings. The van der Waals surface area contributed by atoms with Crippen LogP contribution >= 0.6 is 0 Å². The summed E-state index contributed by atoms with van der Waals surface area (Å²) in [7, 11) is 0. The molecule has 2 unspecified atom stereocenters. The van der Waals surface area contributed by atoms with Gasteiger partial charge in [0.05, 0.1) is 12.1 Å². The Kier molecular flexibility index (Phi) is 11.7. The van der Waals surface area contributed by atoms with Crippen LogP contribution < -0.4 is 0 Å². The highest BCUT2D eigenvalue weighted by Gasteiger charge is 2.36. The molecular formula is C34H56N2O. The van der Waals surface area contributed by atoms with Crippen LogP contribution in [0, 0.1) is 81.8 Å². The number of hydrogen-bond acceptors (Lipinski definition) is 3. The monoisotopic (exact) mass is 508 g/mol. The smallest absolute Gasteiger partial charge is 0.0655 e. The van der Waals surface area contributed by atoms with E-state index < -0.39 is 0 Å². The summed E-state index contributed by atoms with van der Waals surface area (Å²) in [6.07, 6.45) is 23.3. The van der Waals surface area contributed by atoms with Gasteiger partial charge in [-0.3, -0.25) is 0 Å². The molecule has 208 valence electrons. The highest BCUT2D eigenvalue weighted by atomic mass is 16.5. The summed E-state index contributed by atoms with van der Waals surface area (Å²) < 4.78 is 6.48. The summed E-state index contributed by atoms with van der Waals surface area (Å²) >= 11 is 0. The van der Waals surface area contributed by atoms with Crippen molar-refractivity contribution in [1.82, 2.24) is 0 Å². The van der Waals surface area contributed by atoms with Crippen molar-refractivity contribution >= 4 is 0 Å². The molecule has 0 aromatic heterocycles. The Morgan fingerprint density at radius 3 is 1.11 bits per heavy atom. The Bertz CT molecular complexity index is 658. The molecule has 3 nitrogen and oxygen atoms in total. The molecule has 0 aromatic rings. The fourth-order valence-electron chi connectivity index (χ4n) is 9.03. The Morgan fingerprint density at radius 2 is 0.811 bits per heavy atom. The van der Waals surface area contributed by atoms with Crippen molar-refractivity contribution in [3.05, 3.63) is 0 Å². The van der Waals surface area contributed by atoms with Crippen LogP contribution in [-0.4, -0.2) is 13.2 Å². The second kappa shape index (κ2) is 14.9. The van der Waals surface area contributed by atoms with Crippen LogP contribution in [0.2, 0.25) is 0 Å². The van der Waals surface area contributed by atoms with Crippen molar-refractivity contribution in [2.45, 2.75) is 129 Å². The molecule has 0 aliphatic heterocycles. The highest BCUT2D eigenvalue weighted by Crippen LogP contribution is 2.45. The second-order valence-corrected chi connectivity index (χ2v) is 14.0. The maximum atomic E-state index is 9.38. The van der Waals surface area contributed by atoms with Crippen molar-refractivity contribution in [2.75, 3.05) is 13.2 Å². The van der Waals surface area contributed by atoms with Gasteiger partial charge in [-0.25, -0.2) is 0 Å². The van der Waals surface area contributed by atoms with Gasteiger partial charge in [0, 0.05) is 25.0 Å². The second-order valence-electron chi connectivity index (χ2n) is 14.0. The lowest BCUT2D eigenvalue weighted by Gasteiger charge is -2.40. The van der Waals surface area contributed by atoms with Crippen molar-refractivity contribution in [3.8, 4) is 12.1 Å². The summed E-state index contributed by atoms with van der Waals surface area (Å²) in [4.78, 5) is 0. The molecule has 0 amide bonds. The molecule has 37 heavy (non-hydrogen) atoms. The minimum atomic E-state index is 0.308. The van der Waals surface area contributed by atoms with E-state index in [2.05, 4.69) is 26.0 Å². The van der Waals surface area contributed by atoms with E-state index in [1.807, 2.05) is 0 Å². The molecule has 0 bridgehead atoms. The first-order valence-electron chi connectivity index (χ1n) is 16.4. The molecule has 0 radical (unpaired) electrons. The third-order valence-corrected chi connectivity index (χ3v) is 11.6. The van der Waals surface area contributed by atoms with Gasteiger partial charge in [-0.05, 0) is 137 Å². The van der Waals surface area contributed by atoms with Gasteiger partial charge in [0.15, 0.2) is 0 Å². The molecule has 3 heteroatoms. The Balaban J connectivity index is 1.27. The van der Waals surface area contributed by atoms with E-state index in [1.54, 1.807) is 0 Å². The third kappa shape index (κ3) is 8.46. The van der Waals surface area contributed by atoms with Gasteiger partial charge in [0.1, 0.15) is 0 Å². The van der Waals surface area contributed by atoms with Gasteiger partial charge in [0.2, 0.25) is 0 Å². The normalized spacial score (nSPS) is 38.7. The van der Waals surface area contributed by atoms with Crippen LogP contribution in [0.1, 0.15) is 129 Å². The first-order chi connectivity index (χ1) is 18.1. The molecule has 4 rings (SSSR count). The van der Waals surface area contributed by atoms with E-state index in [1.165, 1.54) is 89.9 Å². The number of nitrogens with zero attached hydrogens (tertiary/aromatic N) is 2. The molecular weight excluding hydrogens is 452 g/mol. The van der Waals surface area contributed by atoms with E-state index in [-0.39, 0.29) is 0 Å². The SMILES string of the molecule is C[C@H]1CC[C@H](C(CCOCCC([C@H]2CC[C@H](C)CC2)[C@H]2CC[C@H](C#N)CC2)[C@H]2CC[C@H](C#N)CC2)CC1. The highest BCUT2D eigenvalue weighted by molar-refractivity contribution is 4.92. The standard InChI is InChI=1S/C34H56N2O/c1-25-3-11-29(12-4-25)33(31-15-7-27(23-35)8-16-31)19-21-37-22-20-34(30-13-5-26(2)6-14-30)32-17-9-28(24-36)10-18-32/h25-34H,3-22H2,1-2H3/t25-,26-,27-,28-,29-,30-,31-,32-,33?,34?. The minimum absolute atomic E-state index is 0.308. The molecule has 2 atom stereocenters. The number of ether oxygens (including phenoxy) is 1. The van der Waals surface area contributed by atoms with Crippen LogP contribution in [0.5, 0.6) is 0 Å². The Hall–Kier alpha value is -1.06. The van der Waals surface area contributed by atoms with Crippen molar-refractivity contribution in [3.63, 3.8) is 0 Å². The fraction of sp³-hybridized carbons (Fsp3) is 0.941. The molecule has 0 aromatic carbocycles. The Morgan fingerprint density at radius 1 is 0.514 bits per heavy atom. The minimum Gasteiger partial charge on any atom is -0.381 e. The van der Waals surface area contributed by atoms with Gasteiger partial charge in [-0.15, -0.1) is 0 Å². The van der Waals surface area contributed by atoms with E-state index in [9.17, 15) is 10.5 Å². The summed E-state index contributed by atoms with van der Waals surface area (Å²) in [5.74, 6) is 7.46. The molecule has 4 aliphatic rings. The van der Waals surface area contributed by atoms with Crippen molar-refractivity contribution in [1.29, 1.82) is 10.5 Å². The first-order valence-corrected chi connectivity index (χ1v) is 16.4. The fourth-order valence-corrected chi connectivity index (χ4v) is 9.03. The molecule has 0 heterocycles. The Labute approximate surface area is 229 Å². The van der Waals surface area contributed by atoms with E-state index in [0.717, 1.165) is 86.2 Å². The van der Waals surface area contributed by atoms with E-state index in [0.29, 0.717) is 11.8 Å². The maximum Gasteiger partial charge on any atom is 0.0655 e. The van der Waals surface area contributed by atoms with E-state index in [4.69, 9.17) is 4.74 Å². The molecule has 0 spiro atoms. The number of nitriles is 2. The lowest BCUT2D eigenvalue weighted by molar-refractivity contribution is 0.0412. The zero-order chi connectivity index (χ0) is 26.0. The van der Waals surface area contributed by atoms with Gasteiger partial charge < -0.3 is 4.74 Å². The van der Waals surface area contributed by atoms with Gasteiger partial charge in [-0.2, -0.15) is 10.5 Å². The average Bonchev–Trinajstić information content (AvgIpc) is 2.94. The molecule has 0 N–H and O–H groups in total. The predicted octanol–water partition coefficient (Wildman–Crippen LogP) is 9.33. The summed E-state index contributed by atoms with van der Waals surface area (Å²) in [6.45, 7) is 6.74. The quantitative estimate of drug-likeness (QED) is 0.276. The largest absolute Gasteiger partial charge is 0.381 e. The van der Waals surface area contributed by atoms with E-state index >= 15 is 0 Å². The first kappa shape index (κ1) is 28.9. The van der Waals surface area contributed by atoms with Gasteiger partial charge in [0.25, 0.3) is 0 Å². The number of rotatable bonds is 10. The van der Waals surface area contributed by atoms with Crippen LogP contribution in [-0.2, 0) is 4.74 Å². The van der Waals surface area contributed by atoms with Crippen LogP contribution in [0.25, 0.3) is 0 Å². The summed E-state index contributed by atoms with van der Waals surface area (Å²) in [6, 6.07) is 5.08. The lowest BCUT2D eigenvalue weighted by Crippen LogP contribution is -2.32. The maximum absolute atomic E-state index is 9.38. The summed E-state index contributed by atoms with van der Waals surface area (Å²) in [5.41, 5.74) is 0. The molecule has 4 saturated carbocycles. The van der Waals surface area contributed by atoms with Gasteiger partial charge in [-0.1, -0.05) is 39.5 Å². The third-order valence-electron chi connectivity index (χ3n) is 11.6. The average molecular weight is 509 g/mol. The zero-order valence-corrected chi connectivity index (χ0v) is 24.2. The van der Waals surface area contributed by atoms with Crippen LogP contribution in [0.4, 0.5) is 0 Å². The topological polar surface area (TPSA) is 56.8 Å². The summed E-state index contributed by atoms with van der Waals surface area (Å²) in [5, 5.41) is 18.8. The number of hydrogen-bond donors (Lipinski definition) is 0. The van der Waals surface area contributed by atoms with Crippen LogP contribution in [0.3, 0.4) is 0 Å². The van der Waals surface area contributed by atoms with Crippen molar-refractivity contribution in [2.24, 2.45) is 59.2 Å². The van der Waals surface area contributed by atoms with Crippen LogP contribution in [0.15, 0.2) is 0 Å². The van der Waals surface area contributed by atoms with Crippen molar-refractivity contribution < 1.29 is 4.74 Å².